The summed E-state index contributed by atoms with van der Waals surface area (Å²) < 4.78 is 19.5. The van der Waals surface area contributed by atoms with Crippen molar-refractivity contribution < 1.29 is 19.0 Å². The molecule has 2 aliphatic rings. The van der Waals surface area contributed by atoms with Gasteiger partial charge in [0.1, 0.15) is 11.6 Å². The van der Waals surface area contributed by atoms with Crippen LogP contribution in [0.25, 0.3) is 0 Å². The van der Waals surface area contributed by atoms with Gasteiger partial charge in [0.15, 0.2) is 0 Å². The summed E-state index contributed by atoms with van der Waals surface area (Å²) in [6.07, 6.45) is 0. The Bertz CT molecular complexity index is 552. The molecule has 6 heteroatoms. The molecule has 0 aromatic heterocycles. The Morgan fingerprint density at radius 3 is 2.95 bits per heavy atom. The van der Waals surface area contributed by atoms with Crippen molar-refractivity contribution in [1.29, 1.82) is 0 Å². The topological polar surface area (TPSA) is 53.0 Å². The highest BCUT2D eigenvalue weighted by Crippen LogP contribution is 2.23. The van der Waals surface area contributed by atoms with Crippen molar-refractivity contribution in [2.45, 2.75) is 6.04 Å². The molecule has 2 bridgehead atoms. The van der Waals surface area contributed by atoms with Crippen LogP contribution in [0.3, 0.4) is 0 Å². The standard InChI is InChI=1S/C15H19FN2O3/c1-17-5-10-6-18(11(7-17)9-21-8-10)15(20)13-4-12(19)2-3-14(13)16/h2-4,10-11,19H,5-9H2,1H3/t10-,11-/m0/s1. The Morgan fingerprint density at radius 1 is 1.33 bits per heavy atom. The summed E-state index contributed by atoms with van der Waals surface area (Å²) in [5.41, 5.74) is -0.0785. The Labute approximate surface area is 122 Å². The summed E-state index contributed by atoms with van der Waals surface area (Å²) in [5.74, 6) is -0.859. The number of hydrogen-bond acceptors (Lipinski definition) is 4. The first-order valence-electron chi connectivity index (χ1n) is 7.10. The van der Waals surface area contributed by atoms with E-state index in [1.165, 1.54) is 12.1 Å². The number of halogens is 1. The van der Waals surface area contributed by atoms with Crippen LogP contribution in [0.5, 0.6) is 5.75 Å². The van der Waals surface area contributed by atoms with Crippen LogP contribution in [0.2, 0.25) is 0 Å². The molecule has 0 saturated carbocycles. The normalized spacial score (nSPS) is 26.5. The van der Waals surface area contributed by atoms with E-state index in [-0.39, 0.29) is 29.2 Å². The average molecular weight is 294 g/mol. The third kappa shape index (κ3) is 2.87. The van der Waals surface area contributed by atoms with Crippen LogP contribution in [-0.4, -0.2) is 66.8 Å². The van der Waals surface area contributed by atoms with E-state index in [1.807, 2.05) is 7.05 Å². The number of amides is 1. The monoisotopic (exact) mass is 294 g/mol. The van der Waals surface area contributed by atoms with E-state index in [9.17, 15) is 14.3 Å². The quantitative estimate of drug-likeness (QED) is 0.837. The van der Waals surface area contributed by atoms with Crippen molar-refractivity contribution in [2.75, 3.05) is 39.9 Å². The third-order valence-electron chi connectivity index (χ3n) is 4.09. The van der Waals surface area contributed by atoms with E-state index in [1.54, 1.807) is 4.90 Å². The maximum absolute atomic E-state index is 13.9. The third-order valence-corrected chi connectivity index (χ3v) is 4.09. The SMILES string of the molecule is CN1C[C@@H]2COC[C@H](C1)N(C(=O)c1cc(O)ccc1F)C2. The fourth-order valence-electron chi connectivity index (χ4n) is 3.16. The van der Waals surface area contributed by atoms with E-state index >= 15 is 0 Å². The zero-order valence-corrected chi connectivity index (χ0v) is 12.0. The van der Waals surface area contributed by atoms with Gasteiger partial charge in [0.25, 0.3) is 5.91 Å². The van der Waals surface area contributed by atoms with Crippen LogP contribution in [0, 0.1) is 11.7 Å². The van der Waals surface area contributed by atoms with Gasteiger partial charge in [0.2, 0.25) is 0 Å². The van der Waals surface area contributed by atoms with Crippen molar-refractivity contribution in [1.82, 2.24) is 9.80 Å². The zero-order valence-electron chi connectivity index (χ0n) is 12.0. The highest BCUT2D eigenvalue weighted by atomic mass is 19.1. The molecule has 1 N–H and O–H groups in total. The molecule has 0 spiro atoms. The van der Waals surface area contributed by atoms with E-state index in [0.29, 0.717) is 26.3 Å². The first-order chi connectivity index (χ1) is 10.0. The molecule has 3 rings (SSSR count). The van der Waals surface area contributed by atoms with Crippen LogP contribution in [0.15, 0.2) is 18.2 Å². The van der Waals surface area contributed by atoms with Crippen LogP contribution in [0.4, 0.5) is 4.39 Å². The molecule has 1 amide bonds. The molecule has 1 aromatic rings. The van der Waals surface area contributed by atoms with Gasteiger partial charge in [-0.3, -0.25) is 4.79 Å². The molecule has 0 radical (unpaired) electrons. The van der Waals surface area contributed by atoms with Gasteiger partial charge in [-0.15, -0.1) is 0 Å². The van der Waals surface area contributed by atoms with Gasteiger partial charge in [-0.05, 0) is 25.2 Å². The van der Waals surface area contributed by atoms with Crippen LogP contribution >= 0.6 is 0 Å². The molecule has 21 heavy (non-hydrogen) atoms. The lowest BCUT2D eigenvalue weighted by molar-refractivity contribution is 0.0481. The largest absolute Gasteiger partial charge is 0.508 e. The average Bonchev–Trinajstić information content (AvgIpc) is 2.71. The van der Waals surface area contributed by atoms with Crippen molar-refractivity contribution >= 4 is 5.91 Å². The van der Waals surface area contributed by atoms with Gasteiger partial charge in [-0.25, -0.2) is 4.39 Å². The number of aromatic hydroxyl groups is 1. The first kappa shape index (κ1) is 14.3. The maximum atomic E-state index is 13.9. The van der Waals surface area contributed by atoms with Gasteiger partial charge >= 0.3 is 0 Å². The zero-order chi connectivity index (χ0) is 15.0. The second-order valence-electron chi connectivity index (χ2n) is 5.90. The molecule has 0 unspecified atom stereocenters. The molecule has 2 fully saturated rings. The highest BCUT2D eigenvalue weighted by molar-refractivity contribution is 5.95. The highest BCUT2D eigenvalue weighted by Gasteiger charge is 2.35. The minimum atomic E-state index is -0.606. The molecule has 114 valence electrons. The van der Waals surface area contributed by atoms with E-state index in [4.69, 9.17) is 4.74 Å². The number of ether oxygens (including phenoxy) is 1. The fraction of sp³-hybridized carbons (Fsp3) is 0.533. The van der Waals surface area contributed by atoms with Gasteiger partial charge in [0.05, 0.1) is 24.8 Å². The van der Waals surface area contributed by atoms with Gasteiger partial charge in [-0.2, -0.15) is 0 Å². The minimum absolute atomic E-state index is 0.0785. The number of rotatable bonds is 1. The Balaban J connectivity index is 1.91. The summed E-state index contributed by atoms with van der Waals surface area (Å²) in [4.78, 5) is 16.6. The lowest BCUT2D eigenvalue weighted by Gasteiger charge is -2.29. The molecule has 2 heterocycles. The molecule has 2 saturated heterocycles. The number of phenols is 1. The number of phenolic OH excluding ortho intramolecular Hbond substituents is 1. The van der Waals surface area contributed by atoms with Crippen LogP contribution in [0.1, 0.15) is 10.4 Å². The van der Waals surface area contributed by atoms with Crippen molar-refractivity contribution in [3.8, 4) is 5.75 Å². The number of likely N-dealkylation sites (N-methyl/N-ethyl adjacent to an activating group) is 1. The van der Waals surface area contributed by atoms with Crippen LogP contribution < -0.4 is 0 Å². The Hall–Kier alpha value is -1.66. The second-order valence-corrected chi connectivity index (χ2v) is 5.90. The summed E-state index contributed by atoms with van der Waals surface area (Å²) in [5, 5.41) is 9.50. The van der Waals surface area contributed by atoms with Crippen LogP contribution in [-0.2, 0) is 4.74 Å². The predicted molar refractivity (Wildman–Crippen MR) is 74.7 cm³/mol. The number of carbonyl (C=O) groups is 1. The Morgan fingerprint density at radius 2 is 2.14 bits per heavy atom. The number of carbonyl (C=O) groups excluding carboxylic acids is 1. The van der Waals surface area contributed by atoms with Crippen molar-refractivity contribution in [3.05, 3.63) is 29.6 Å². The number of fused-ring (bicyclic) bond motifs is 3. The molecule has 0 aliphatic carbocycles. The van der Waals surface area contributed by atoms with E-state index in [0.717, 1.165) is 12.6 Å². The van der Waals surface area contributed by atoms with Gasteiger partial charge in [-0.1, -0.05) is 0 Å². The lowest BCUT2D eigenvalue weighted by atomic mass is 10.1. The molecule has 5 nitrogen and oxygen atoms in total. The number of hydrogen-bond donors (Lipinski definition) is 1. The lowest BCUT2D eigenvalue weighted by Crippen LogP contribution is -2.46. The summed E-state index contributed by atoms with van der Waals surface area (Å²) >= 11 is 0. The van der Waals surface area contributed by atoms with E-state index in [2.05, 4.69) is 4.90 Å². The minimum Gasteiger partial charge on any atom is -0.508 e. The molecular weight excluding hydrogens is 275 g/mol. The predicted octanol–water partition coefficient (Wildman–Crippen LogP) is 0.934. The Kier molecular flexibility index (Phi) is 3.82. The molecule has 2 aliphatic heterocycles. The molecule has 2 atom stereocenters. The number of benzene rings is 1. The molecular formula is C15H19FN2O3. The van der Waals surface area contributed by atoms with Gasteiger partial charge in [0, 0.05) is 25.6 Å². The maximum Gasteiger partial charge on any atom is 0.257 e. The van der Waals surface area contributed by atoms with E-state index < -0.39 is 5.82 Å². The summed E-state index contributed by atoms with van der Waals surface area (Å²) in [7, 11) is 2.02. The number of nitrogens with zero attached hydrogens (tertiary/aromatic N) is 2. The first-order valence-corrected chi connectivity index (χ1v) is 7.10. The second kappa shape index (κ2) is 5.61. The fourth-order valence-corrected chi connectivity index (χ4v) is 3.16. The van der Waals surface area contributed by atoms with Crippen molar-refractivity contribution in [2.24, 2.45) is 5.92 Å². The molecule has 1 aromatic carbocycles. The van der Waals surface area contributed by atoms with Gasteiger partial charge < -0.3 is 19.6 Å². The summed E-state index contributed by atoms with van der Waals surface area (Å²) in [6, 6.07) is 3.47. The smallest absolute Gasteiger partial charge is 0.257 e. The van der Waals surface area contributed by atoms with Crippen molar-refractivity contribution in [3.63, 3.8) is 0 Å². The summed E-state index contributed by atoms with van der Waals surface area (Å²) in [6.45, 7) is 3.22.